The molecule has 0 aromatic heterocycles. The van der Waals surface area contributed by atoms with Crippen LogP contribution in [0.2, 0.25) is 0 Å². The van der Waals surface area contributed by atoms with Gasteiger partial charge in [-0.05, 0) is 48.2 Å². The summed E-state index contributed by atoms with van der Waals surface area (Å²) in [4.78, 5) is 0. The van der Waals surface area contributed by atoms with Gasteiger partial charge in [-0.3, -0.25) is 5.09 Å². The van der Waals surface area contributed by atoms with E-state index in [1.54, 1.807) is 12.1 Å². The van der Waals surface area contributed by atoms with E-state index in [2.05, 4.69) is 14.5 Å². The van der Waals surface area contributed by atoms with Gasteiger partial charge in [0.1, 0.15) is 11.5 Å². The van der Waals surface area contributed by atoms with Crippen molar-refractivity contribution >= 4 is 9.39 Å². The fourth-order valence-corrected chi connectivity index (χ4v) is 2.03. The average Bonchev–Trinajstić information content (AvgIpc) is 2.47. The Morgan fingerprint density at radius 1 is 0.952 bits per heavy atom. The van der Waals surface area contributed by atoms with Gasteiger partial charge in [-0.25, -0.2) is 0 Å². The maximum Gasteiger partial charge on any atom is 0.118 e. The summed E-state index contributed by atoms with van der Waals surface area (Å²) in [6.45, 7) is 5.09. The van der Waals surface area contributed by atoms with E-state index in [-0.39, 0.29) is 0 Å². The summed E-state index contributed by atoms with van der Waals surface area (Å²) < 4.78 is 0. The lowest BCUT2D eigenvalue weighted by Gasteiger charge is -2.02. The van der Waals surface area contributed by atoms with Crippen molar-refractivity contribution in [2.75, 3.05) is 0 Å². The van der Waals surface area contributed by atoms with E-state index in [0.717, 1.165) is 23.2 Å². The minimum Gasteiger partial charge on any atom is -0.508 e. The Bertz CT molecular complexity index is 588. The smallest absolute Gasteiger partial charge is 0.118 e. The van der Waals surface area contributed by atoms with Gasteiger partial charge >= 0.3 is 0 Å². The third kappa shape index (κ3) is 5.72. The second-order valence-corrected chi connectivity index (χ2v) is 5.23. The Labute approximate surface area is 128 Å². The summed E-state index contributed by atoms with van der Waals surface area (Å²) in [5, 5.41) is 21.3. The molecule has 2 aromatic carbocycles. The first kappa shape index (κ1) is 17.4. The first-order chi connectivity index (χ1) is 9.97. The van der Waals surface area contributed by atoms with E-state index in [1.807, 2.05) is 38.1 Å². The summed E-state index contributed by atoms with van der Waals surface area (Å²) in [7, 11) is 2.44. The van der Waals surface area contributed by atoms with E-state index in [4.69, 9.17) is 10.8 Å². The van der Waals surface area contributed by atoms with E-state index in [1.165, 1.54) is 5.56 Å². The van der Waals surface area contributed by atoms with Crippen molar-refractivity contribution in [1.29, 1.82) is 0 Å². The minimum atomic E-state index is 0.331. The normalized spacial score (nSPS) is 9.90. The van der Waals surface area contributed by atoms with Gasteiger partial charge < -0.3 is 15.9 Å². The lowest BCUT2D eigenvalue weighted by Crippen LogP contribution is -1.97. The van der Waals surface area contributed by atoms with Gasteiger partial charge in [-0.15, -0.1) is 0 Å². The first-order valence-electron chi connectivity index (χ1n) is 6.68. The predicted octanol–water partition coefficient (Wildman–Crippen LogP) is 2.74. The Morgan fingerprint density at radius 3 is 1.86 bits per heavy atom. The van der Waals surface area contributed by atoms with Crippen molar-refractivity contribution in [3.8, 4) is 11.5 Å². The number of hydrogen-bond acceptors (Lipinski definition) is 4. The van der Waals surface area contributed by atoms with Crippen molar-refractivity contribution < 1.29 is 10.2 Å². The number of aryl methyl sites for hydroxylation is 2. The summed E-state index contributed by atoms with van der Waals surface area (Å²) in [6.07, 6.45) is 0. The van der Waals surface area contributed by atoms with E-state index < -0.39 is 0 Å². The lowest BCUT2D eigenvalue weighted by molar-refractivity contribution is 0.470. The van der Waals surface area contributed by atoms with Gasteiger partial charge in [-0.2, -0.15) is 0 Å². The number of benzene rings is 2. The molecule has 5 N–H and O–H groups in total. The van der Waals surface area contributed by atoms with E-state index in [0.29, 0.717) is 18.0 Å². The molecule has 0 aliphatic heterocycles. The number of rotatable bonds is 3. The van der Waals surface area contributed by atoms with Crippen molar-refractivity contribution in [3.05, 3.63) is 58.7 Å². The second kappa shape index (κ2) is 8.63. The molecule has 5 heteroatoms. The Kier molecular flexibility index (Phi) is 7.17. The molecular weight excluding hydrogens is 283 g/mol. The van der Waals surface area contributed by atoms with Crippen molar-refractivity contribution in [2.45, 2.75) is 26.9 Å². The van der Waals surface area contributed by atoms with Gasteiger partial charge in [0.25, 0.3) is 0 Å². The number of phenols is 2. The molecule has 0 aliphatic rings. The minimum absolute atomic E-state index is 0.331. The highest BCUT2D eigenvalue weighted by atomic mass is 31.0. The summed E-state index contributed by atoms with van der Waals surface area (Å²) >= 11 is 0. The number of nitrogens with one attached hydrogen (secondary N) is 1. The Hall–Kier alpha value is -1.61. The van der Waals surface area contributed by atoms with Crippen LogP contribution in [0.25, 0.3) is 0 Å². The zero-order valence-corrected chi connectivity index (χ0v) is 13.6. The van der Waals surface area contributed by atoms with Crippen molar-refractivity contribution in [2.24, 2.45) is 5.73 Å². The standard InChI is InChI=1S/C8H12NOP.C8H11NO/c1-6-4-7(5-9-11)2-3-8(6)10;1-6-4-7(5-9)2-3-8(6)10/h2-4,9-10H,5,11H2,1H3;2-4,10H,5,9H2,1H3. The zero-order valence-electron chi connectivity index (χ0n) is 12.4. The Balaban J connectivity index is 0.000000211. The molecule has 0 amide bonds. The highest BCUT2D eigenvalue weighted by molar-refractivity contribution is 7.13. The zero-order chi connectivity index (χ0) is 15.8. The third-order valence-corrected chi connectivity index (χ3v) is 3.27. The van der Waals surface area contributed by atoms with Crippen LogP contribution >= 0.6 is 9.39 Å². The molecule has 2 aromatic rings. The van der Waals surface area contributed by atoms with Crippen LogP contribution in [0.4, 0.5) is 0 Å². The van der Waals surface area contributed by atoms with Gasteiger partial charge in [-0.1, -0.05) is 33.7 Å². The molecule has 0 saturated heterocycles. The number of aromatic hydroxyl groups is 2. The maximum absolute atomic E-state index is 9.19. The maximum atomic E-state index is 9.19. The molecule has 0 saturated carbocycles. The topological polar surface area (TPSA) is 78.5 Å². The van der Waals surface area contributed by atoms with E-state index in [9.17, 15) is 5.11 Å². The number of hydrogen-bond donors (Lipinski definition) is 4. The quantitative estimate of drug-likeness (QED) is 0.658. The first-order valence-corrected chi connectivity index (χ1v) is 7.26. The summed E-state index contributed by atoms with van der Waals surface area (Å²) in [5.74, 6) is 0.690. The number of nitrogens with two attached hydrogens (primary N) is 1. The highest BCUT2D eigenvalue weighted by Gasteiger charge is 1.96. The molecule has 2 rings (SSSR count). The molecule has 0 spiro atoms. The summed E-state index contributed by atoms with van der Waals surface area (Å²) in [5.41, 5.74) is 9.41. The van der Waals surface area contributed by atoms with Gasteiger partial charge in [0.2, 0.25) is 0 Å². The fourth-order valence-electron chi connectivity index (χ4n) is 1.79. The SMILES string of the molecule is Cc1cc(CN)ccc1O.Cc1cc(CNP)ccc1O. The fraction of sp³-hybridized carbons (Fsp3) is 0.250. The van der Waals surface area contributed by atoms with Crippen LogP contribution in [-0.2, 0) is 13.1 Å². The predicted molar refractivity (Wildman–Crippen MR) is 90.1 cm³/mol. The van der Waals surface area contributed by atoms with Crippen LogP contribution in [0.5, 0.6) is 11.5 Å². The molecule has 0 radical (unpaired) electrons. The van der Waals surface area contributed by atoms with Crippen LogP contribution in [0, 0.1) is 13.8 Å². The average molecular weight is 306 g/mol. The van der Waals surface area contributed by atoms with Crippen LogP contribution in [0.3, 0.4) is 0 Å². The van der Waals surface area contributed by atoms with Gasteiger partial charge in [0, 0.05) is 13.1 Å². The second-order valence-electron chi connectivity index (χ2n) is 4.83. The third-order valence-electron chi connectivity index (χ3n) is 3.06. The van der Waals surface area contributed by atoms with Crippen LogP contribution in [0.15, 0.2) is 36.4 Å². The largest absolute Gasteiger partial charge is 0.508 e. The summed E-state index contributed by atoms with van der Waals surface area (Å²) in [6, 6.07) is 11.0. The molecule has 0 bridgehead atoms. The Morgan fingerprint density at radius 2 is 1.43 bits per heavy atom. The molecule has 114 valence electrons. The van der Waals surface area contributed by atoms with Gasteiger partial charge in [0.15, 0.2) is 0 Å². The van der Waals surface area contributed by atoms with Gasteiger partial charge in [0.05, 0.1) is 0 Å². The molecule has 4 nitrogen and oxygen atoms in total. The molecule has 0 heterocycles. The molecule has 21 heavy (non-hydrogen) atoms. The monoisotopic (exact) mass is 306 g/mol. The highest BCUT2D eigenvalue weighted by Crippen LogP contribution is 2.17. The lowest BCUT2D eigenvalue weighted by atomic mass is 10.1. The molecule has 1 atom stereocenters. The number of phenolic OH excluding ortho intramolecular Hbond substituents is 2. The molecule has 0 aliphatic carbocycles. The molecule has 0 fully saturated rings. The van der Waals surface area contributed by atoms with Crippen molar-refractivity contribution in [3.63, 3.8) is 0 Å². The molecule has 1 unspecified atom stereocenters. The van der Waals surface area contributed by atoms with Crippen LogP contribution < -0.4 is 10.8 Å². The van der Waals surface area contributed by atoms with Crippen molar-refractivity contribution in [1.82, 2.24) is 5.09 Å². The molecular formula is C16H23N2O2P. The van der Waals surface area contributed by atoms with Crippen LogP contribution in [0.1, 0.15) is 22.3 Å². The van der Waals surface area contributed by atoms with E-state index >= 15 is 0 Å². The van der Waals surface area contributed by atoms with Crippen LogP contribution in [-0.4, -0.2) is 10.2 Å².